The molecule has 2 heterocycles. The Kier molecular flexibility index (Phi) is 2.18. The van der Waals surface area contributed by atoms with E-state index in [4.69, 9.17) is 0 Å². The number of halogens is 1. The number of nitrogens with zero attached hydrogens (tertiary/aromatic N) is 1. The summed E-state index contributed by atoms with van der Waals surface area (Å²) in [5.41, 5.74) is 3.43. The Morgan fingerprint density at radius 1 is 1.24 bits per heavy atom. The molecule has 3 aromatic rings. The summed E-state index contributed by atoms with van der Waals surface area (Å²) in [7, 11) is 0. The van der Waals surface area contributed by atoms with Crippen molar-refractivity contribution < 1.29 is 4.39 Å². The molecule has 0 saturated heterocycles. The lowest BCUT2D eigenvalue weighted by atomic mass is 10.1. The van der Waals surface area contributed by atoms with Crippen molar-refractivity contribution in [2.24, 2.45) is 0 Å². The first-order chi connectivity index (χ1) is 8.24. The van der Waals surface area contributed by atoms with Gasteiger partial charge in [-0.05, 0) is 42.8 Å². The summed E-state index contributed by atoms with van der Waals surface area (Å²) in [4.78, 5) is 7.27. The van der Waals surface area contributed by atoms with Crippen LogP contribution in [0.25, 0.3) is 22.2 Å². The Balaban J connectivity index is 2.21. The first-order valence-electron chi connectivity index (χ1n) is 5.43. The summed E-state index contributed by atoms with van der Waals surface area (Å²) in [6.07, 6.45) is 3.52. The number of aromatic nitrogens is 2. The number of hydrogen-bond acceptors (Lipinski definition) is 1. The molecule has 1 N–H and O–H groups in total. The van der Waals surface area contributed by atoms with Crippen molar-refractivity contribution in [3.05, 3.63) is 54.1 Å². The molecule has 0 aliphatic carbocycles. The van der Waals surface area contributed by atoms with Gasteiger partial charge in [0.2, 0.25) is 0 Å². The summed E-state index contributed by atoms with van der Waals surface area (Å²) < 4.78 is 13.4. The van der Waals surface area contributed by atoms with Gasteiger partial charge in [0.1, 0.15) is 5.82 Å². The van der Waals surface area contributed by atoms with Gasteiger partial charge < -0.3 is 4.98 Å². The molecule has 0 spiro atoms. The topological polar surface area (TPSA) is 28.7 Å². The predicted molar refractivity (Wildman–Crippen MR) is 66.2 cm³/mol. The van der Waals surface area contributed by atoms with Crippen LogP contribution in [-0.2, 0) is 0 Å². The maximum absolute atomic E-state index is 13.4. The molecule has 1 aromatic carbocycles. The second-order valence-electron chi connectivity index (χ2n) is 4.11. The molecule has 0 fully saturated rings. The first kappa shape index (κ1) is 10.0. The van der Waals surface area contributed by atoms with Gasteiger partial charge in [-0.3, -0.25) is 4.98 Å². The van der Waals surface area contributed by atoms with E-state index in [1.807, 2.05) is 24.3 Å². The summed E-state index contributed by atoms with van der Waals surface area (Å²) in [5, 5.41) is 1.02. The van der Waals surface area contributed by atoms with Gasteiger partial charge >= 0.3 is 0 Å². The highest BCUT2D eigenvalue weighted by atomic mass is 19.1. The van der Waals surface area contributed by atoms with E-state index in [0.29, 0.717) is 5.56 Å². The van der Waals surface area contributed by atoms with Crippen LogP contribution in [0.15, 0.2) is 42.7 Å². The number of fused-ring (bicyclic) bond motifs is 1. The molecule has 3 heteroatoms. The van der Waals surface area contributed by atoms with Crippen molar-refractivity contribution >= 4 is 10.9 Å². The Morgan fingerprint density at radius 3 is 2.88 bits per heavy atom. The second kappa shape index (κ2) is 3.70. The Morgan fingerprint density at radius 2 is 2.12 bits per heavy atom. The zero-order valence-corrected chi connectivity index (χ0v) is 9.37. The lowest BCUT2D eigenvalue weighted by Gasteiger charge is -1.95. The van der Waals surface area contributed by atoms with E-state index in [2.05, 4.69) is 9.97 Å². The van der Waals surface area contributed by atoms with Crippen molar-refractivity contribution in [1.82, 2.24) is 9.97 Å². The fourth-order valence-corrected chi connectivity index (χ4v) is 1.95. The molecule has 3 rings (SSSR count). The van der Waals surface area contributed by atoms with E-state index < -0.39 is 0 Å². The summed E-state index contributed by atoms with van der Waals surface area (Å²) >= 11 is 0. The molecule has 84 valence electrons. The van der Waals surface area contributed by atoms with Gasteiger partial charge in [-0.1, -0.05) is 0 Å². The molecule has 0 atom stereocenters. The van der Waals surface area contributed by atoms with Crippen LogP contribution in [0, 0.1) is 12.7 Å². The van der Waals surface area contributed by atoms with E-state index in [-0.39, 0.29) is 5.82 Å². The normalized spacial score (nSPS) is 10.9. The first-order valence-corrected chi connectivity index (χ1v) is 5.43. The number of aromatic amines is 1. The third kappa shape index (κ3) is 1.69. The predicted octanol–water partition coefficient (Wildman–Crippen LogP) is 3.68. The van der Waals surface area contributed by atoms with Crippen LogP contribution in [-0.4, -0.2) is 9.97 Å². The molecule has 0 unspecified atom stereocenters. The standard InChI is InChI=1S/C14H11FN2/c1-9-5-11-6-13(10-3-2-4-16-8-10)17-14(11)7-12(9)15/h2-8,17H,1H3. The third-order valence-corrected chi connectivity index (χ3v) is 2.87. The van der Waals surface area contributed by atoms with Crippen LogP contribution in [0.5, 0.6) is 0 Å². The van der Waals surface area contributed by atoms with Crippen molar-refractivity contribution in [2.45, 2.75) is 6.92 Å². The number of nitrogens with one attached hydrogen (secondary N) is 1. The summed E-state index contributed by atoms with van der Waals surface area (Å²) in [6.45, 7) is 1.77. The fraction of sp³-hybridized carbons (Fsp3) is 0.0714. The average Bonchev–Trinajstić information content (AvgIpc) is 2.74. The van der Waals surface area contributed by atoms with Crippen LogP contribution < -0.4 is 0 Å². The second-order valence-corrected chi connectivity index (χ2v) is 4.11. The average molecular weight is 226 g/mol. The Bertz CT molecular complexity index is 632. The number of H-pyrrole nitrogens is 1. The van der Waals surface area contributed by atoms with Crippen molar-refractivity contribution in [1.29, 1.82) is 0 Å². The maximum Gasteiger partial charge on any atom is 0.128 e. The Hall–Kier alpha value is -2.16. The lowest BCUT2D eigenvalue weighted by molar-refractivity contribution is 0.620. The summed E-state index contributed by atoms with van der Waals surface area (Å²) in [6, 6.07) is 9.25. The zero-order valence-electron chi connectivity index (χ0n) is 9.37. The summed E-state index contributed by atoms with van der Waals surface area (Å²) in [5.74, 6) is -0.183. The minimum absolute atomic E-state index is 0.183. The number of pyridine rings is 1. The lowest BCUT2D eigenvalue weighted by Crippen LogP contribution is -1.81. The minimum Gasteiger partial charge on any atom is -0.354 e. The SMILES string of the molecule is Cc1cc2cc(-c3cccnc3)[nH]c2cc1F. The van der Waals surface area contributed by atoms with Gasteiger partial charge in [0.05, 0.1) is 0 Å². The van der Waals surface area contributed by atoms with Gasteiger partial charge in [0.15, 0.2) is 0 Å². The van der Waals surface area contributed by atoms with Gasteiger partial charge in [-0.25, -0.2) is 4.39 Å². The quantitative estimate of drug-likeness (QED) is 0.673. The third-order valence-electron chi connectivity index (χ3n) is 2.87. The molecule has 17 heavy (non-hydrogen) atoms. The van der Waals surface area contributed by atoms with Crippen LogP contribution in [0.1, 0.15) is 5.56 Å². The van der Waals surface area contributed by atoms with E-state index in [0.717, 1.165) is 22.2 Å². The largest absolute Gasteiger partial charge is 0.354 e. The van der Waals surface area contributed by atoms with Gasteiger partial charge in [0, 0.05) is 34.6 Å². The fourth-order valence-electron chi connectivity index (χ4n) is 1.95. The molecular formula is C14H11FN2. The van der Waals surface area contributed by atoms with Crippen molar-refractivity contribution in [3.63, 3.8) is 0 Å². The molecule has 0 aliphatic rings. The highest BCUT2D eigenvalue weighted by Crippen LogP contribution is 2.25. The molecule has 0 bridgehead atoms. The molecule has 0 saturated carbocycles. The van der Waals surface area contributed by atoms with Crippen molar-refractivity contribution in [2.75, 3.05) is 0 Å². The zero-order chi connectivity index (χ0) is 11.8. The van der Waals surface area contributed by atoms with E-state index in [1.165, 1.54) is 6.07 Å². The number of hydrogen-bond donors (Lipinski definition) is 1. The Labute approximate surface area is 98.1 Å². The van der Waals surface area contributed by atoms with Crippen LogP contribution in [0.2, 0.25) is 0 Å². The van der Waals surface area contributed by atoms with E-state index in [9.17, 15) is 4.39 Å². The molecule has 2 aromatic heterocycles. The molecule has 2 nitrogen and oxygen atoms in total. The minimum atomic E-state index is -0.183. The van der Waals surface area contributed by atoms with E-state index >= 15 is 0 Å². The number of aryl methyl sites for hydroxylation is 1. The molecular weight excluding hydrogens is 215 g/mol. The number of rotatable bonds is 1. The van der Waals surface area contributed by atoms with Crippen LogP contribution in [0.4, 0.5) is 4.39 Å². The van der Waals surface area contributed by atoms with Gasteiger partial charge in [-0.2, -0.15) is 0 Å². The van der Waals surface area contributed by atoms with Crippen LogP contribution >= 0.6 is 0 Å². The monoisotopic (exact) mass is 226 g/mol. The number of benzene rings is 1. The maximum atomic E-state index is 13.4. The van der Waals surface area contributed by atoms with E-state index in [1.54, 1.807) is 19.3 Å². The highest BCUT2D eigenvalue weighted by molar-refractivity contribution is 5.86. The van der Waals surface area contributed by atoms with Crippen molar-refractivity contribution in [3.8, 4) is 11.3 Å². The molecule has 0 aliphatic heterocycles. The van der Waals surface area contributed by atoms with Gasteiger partial charge in [-0.15, -0.1) is 0 Å². The smallest absolute Gasteiger partial charge is 0.128 e. The van der Waals surface area contributed by atoms with Gasteiger partial charge in [0.25, 0.3) is 0 Å². The molecule has 0 amide bonds. The van der Waals surface area contributed by atoms with Crippen LogP contribution in [0.3, 0.4) is 0 Å². The highest BCUT2D eigenvalue weighted by Gasteiger charge is 2.06. The molecule has 0 radical (unpaired) electrons.